The Kier molecular flexibility index (Phi) is 5.74. The third kappa shape index (κ3) is 4.08. The Labute approximate surface area is 152 Å². The van der Waals surface area contributed by atoms with E-state index in [2.05, 4.69) is 29.3 Å². The van der Waals surface area contributed by atoms with E-state index in [1.54, 1.807) is 0 Å². The molecule has 0 aliphatic carbocycles. The van der Waals surface area contributed by atoms with Crippen LogP contribution >= 0.6 is 23.5 Å². The molecule has 0 spiro atoms. The van der Waals surface area contributed by atoms with Gasteiger partial charge in [-0.15, -0.1) is 23.5 Å². The minimum absolute atomic E-state index is 0.0652. The number of rotatable bonds is 5. The topological polar surface area (TPSA) is 32.3 Å². The number of thioether (sulfide) groups is 2. The normalized spacial score (nSPS) is 14.6. The van der Waals surface area contributed by atoms with E-state index in [1.807, 2.05) is 67.0 Å². The maximum Gasteiger partial charge on any atom is 0.255 e. The fourth-order valence-electron chi connectivity index (χ4n) is 2.57. The SMILES string of the molecule is CCN(C)c1ccc(C(=O)Nc2cccc(C3SCCS3)c2)cc1. The van der Waals surface area contributed by atoms with Crippen molar-refractivity contribution in [3.63, 3.8) is 0 Å². The zero-order valence-electron chi connectivity index (χ0n) is 14.0. The zero-order valence-corrected chi connectivity index (χ0v) is 15.6. The second-order valence-corrected chi connectivity index (χ2v) is 8.44. The molecule has 0 aromatic heterocycles. The van der Waals surface area contributed by atoms with Gasteiger partial charge in [-0.1, -0.05) is 12.1 Å². The summed E-state index contributed by atoms with van der Waals surface area (Å²) >= 11 is 3.94. The van der Waals surface area contributed by atoms with Gasteiger partial charge >= 0.3 is 0 Å². The standard InChI is InChI=1S/C19H22N2OS2/c1-3-21(2)17-9-7-14(8-10-17)18(22)20-16-6-4-5-15(13-16)19-23-11-12-24-19/h4-10,13,19H,3,11-12H2,1-2H3,(H,20,22). The van der Waals surface area contributed by atoms with Crippen molar-refractivity contribution in [1.82, 2.24) is 0 Å². The van der Waals surface area contributed by atoms with Crippen molar-refractivity contribution in [3.8, 4) is 0 Å². The number of carbonyl (C=O) groups excluding carboxylic acids is 1. The van der Waals surface area contributed by atoms with E-state index in [-0.39, 0.29) is 5.91 Å². The Hall–Kier alpha value is -1.59. The smallest absolute Gasteiger partial charge is 0.255 e. The third-order valence-electron chi connectivity index (χ3n) is 4.08. The highest BCUT2D eigenvalue weighted by molar-refractivity contribution is 8.19. The molecule has 24 heavy (non-hydrogen) atoms. The highest BCUT2D eigenvalue weighted by Gasteiger charge is 2.18. The molecular weight excluding hydrogens is 336 g/mol. The van der Waals surface area contributed by atoms with Crippen LogP contribution in [0.3, 0.4) is 0 Å². The van der Waals surface area contributed by atoms with Gasteiger partial charge in [0.05, 0.1) is 4.58 Å². The van der Waals surface area contributed by atoms with E-state index in [0.717, 1.165) is 17.9 Å². The first-order valence-electron chi connectivity index (χ1n) is 8.13. The molecule has 2 aromatic rings. The minimum Gasteiger partial charge on any atom is -0.375 e. The fourth-order valence-corrected chi connectivity index (χ4v) is 5.41. The summed E-state index contributed by atoms with van der Waals surface area (Å²) in [5.41, 5.74) is 3.94. The van der Waals surface area contributed by atoms with Crippen molar-refractivity contribution in [2.75, 3.05) is 35.3 Å². The molecule has 3 nitrogen and oxygen atoms in total. The number of nitrogens with one attached hydrogen (secondary N) is 1. The van der Waals surface area contributed by atoms with E-state index in [9.17, 15) is 4.79 Å². The molecule has 1 aliphatic heterocycles. The van der Waals surface area contributed by atoms with Crippen molar-refractivity contribution >= 4 is 40.8 Å². The summed E-state index contributed by atoms with van der Waals surface area (Å²) in [6.07, 6.45) is 0. The predicted octanol–water partition coefficient (Wildman–Crippen LogP) is 4.87. The van der Waals surface area contributed by atoms with E-state index < -0.39 is 0 Å². The van der Waals surface area contributed by atoms with Crippen LogP contribution in [0.5, 0.6) is 0 Å². The minimum atomic E-state index is -0.0652. The van der Waals surface area contributed by atoms with Gasteiger partial charge < -0.3 is 10.2 Å². The summed E-state index contributed by atoms with van der Waals surface area (Å²) in [5, 5.41) is 3.01. The van der Waals surface area contributed by atoms with Gasteiger partial charge in [-0.2, -0.15) is 0 Å². The first kappa shape index (κ1) is 17.2. The lowest BCUT2D eigenvalue weighted by Gasteiger charge is -2.17. The highest BCUT2D eigenvalue weighted by atomic mass is 32.2. The molecule has 1 saturated heterocycles. The molecule has 3 rings (SSSR count). The number of hydrogen-bond acceptors (Lipinski definition) is 4. The van der Waals surface area contributed by atoms with E-state index in [1.165, 1.54) is 17.1 Å². The van der Waals surface area contributed by atoms with Gasteiger partial charge in [-0.05, 0) is 48.9 Å². The number of amides is 1. The molecule has 2 aromatic carbocycles. The molecule has 0 atom stereocenters. The molecule has 0 unspecified atom stereocenters. The van der Waals surface area contributed by atoms with Gasteiger partial charge in [0, 0.05) is 42.0 Å². The molecule has 0 bridgehead atoms. The first-order chi connectivity index (χ1) is 11.7. The summed E-state index contributed by atoms with van der Waals surface area (Å²) in [4.78, 5) is 14.6. The number of anilines is 2. The molecule has 1 fully saturated rings. The molecule has 0 saturated carbocycles. The van der Waals surface area contributed by atoms with E-state index >= 15 is 0 Å². The molecule has 1 heterocycles. The third-order valence-corrected chi connectivity index (χ3v) is 7.19. The summed E-state index contributed by atoms with van der Waals surface area (Å²) in [7, 11) is 2.04. The Bertz CT molecular complexity index is 697. The van der Waals surface area contributed by atoms with E-state index in [4.69, 9.17) is 0 Å². The average Bonchev–Trinajstić information content (AvgIpc) is 3.16. The van der Waals surface area contributed by atoms with Gasteiger partial charge in [0.25, 0.3) is 5.91 Å². The Balaban J connectivity index is 1.69. The lowest BCUT2D eigenvalue weighted by molar-refractivity contribution is 0.102. The Morgan fingerprint density at radius 1 is 1.17 bits per heavy atom. The quantitative estimate of drug-likeness (QED) is 0.826. The van der Waals surface area contributed by atoms with Crippen LogP contribution in [0.1, 0.15) is 27.4 Å². The predicted molar refractivity (Wildman–Crippen MR) is 107 cm³/mol. The lowest BCUT2D eigenvalue weighted by Crippen LogP contribution is -2.16. The summed E-state index contributed by atoms with van der Waals surface area (Å²) in [6, 6.07) is 15.9. The number of benzene rings is 2. The molecule has 126 valence electrons. The average molecular weight is 359 g/mol. The number of nitrogens with zero attached hydrogens (tertiary/aromatic N) is 1. The van der Waals surface area contributed by atoms with Gasteiger partial charge in [0.1, 0.15) is 0 Å². The van der Waals surface area contributed by atoms with Gasteiger partial charge in [-0.25, -0.2) is 0 Å². The zero-order chi connectivity index (χ0) is 16.9. The molecule has 1 N–H and O–H groups in total. The highest BCUT2D eigenvalue weighted by Crippen LogP contribution is 2.45. The van der Waals surface area contributed by atoms with Crippen LogP contribution in [0.2, 0.25) is 0 Å². The summed E-state index contributed by atoms with van der Waals surface area (Å²) in [5.74, 6) is 2.33. The van der Waals surface area contributed by atoms with Gasteiger partial charge in [0.2, 0.25) is 0 Å². The molecule has 0 radical (unpaired) electrons. The van der Waals surface area contributed by atoms with Crippen molar-refractivity contribution in [3.05, 3.63) is 59.7 Å². The van der Waals surface area contributed by atoms with Crippen molar-refractivity contribution in [2.24, 2.45) is 0 Å². The Morgan fingerprint density at radius 2 is 1.88 bits per heavy atom. The molecule has 5 heteroatoms. The van der Waals surface area contributed by atoms with Crippen LogP contribution in [0.15, 0.2) is 48.5 Å². The summed E-state index contributed by atoms with van der Waals surface area (Å²) in [6.45, 7) is 3.05. The van der Waals surface area contributed by atoms with Crippen LogP contribution in [0, 0.1) is 0 Å². The Morgan fingerprint density at radius 3 is 2.54 bits per heavy atom. The van der Waals surface area contributed by atoms with Gasteiger partial charge in [0.15, 0.2) is 0 Å². The second kappa shape index (κ2) is 7.99. The maximum absolute atomic E-state index is 12.5. The maximum atomic E-state index is 12.5. The molecular formula is C19H22N2OS2. The van der Waals surface area contributed by atoms with Crippen LogP contribution < -0.4 is 10.2 Å². The lowest BCUT2D eigenvalue weighted by atomic mass is 10.1. The number of carbonyl (C=O) groups is 1. The summed E-state index contributed by atoms with van der Waals surface area (Å²) < 4.78 is 0.491. The fraction of sp³-hybridized carbons (Fsp3) is 0.316. The van der Waals surface area contributed by atoms with E-state index in [0.29, 0.717) is 10.1 Å². The van der Waals surface area contributed by atoms with Crippen LogP contribution in [0.4, 0.5) is 11.4 Å². The molecule has 1 aliphatic rings. The van der Waals surface area contributed by atoms with Gasteiger partial charge in [-0.3, -0.25) is 4.79 Å². The van der Waals surface area contributed by atoms with Crippen LogP contribution in [0.25, 0.3) is 0 Å². The monoisotopic (exact) mass is 358 g/mol. The van der Waals surface area contributed by atoms with Crippen molar-refractivity contribution < 1.29 is 4.79 Å². The second-order valence-electron chi connectivity index (χ2n) is 5.71. The first-order valence-corrected chi connectivity index (χ1v) is 10.2. The van der Waals surface area contributed by atoms with Crippen LogP contribution in [-0.4, -0.2) is 31.0 Å². The van der Waals surface area contributed by atoms with Crippen molar-refractivity contribution in [1.29, 1.82) is 0 Å². The van der Waals surface area contributed by atoms with Crippen molar-refractivity contribution in [2.45, 2.75) is 11.5 Å². The largest absolute Gasteiger partial charge is 0.375 e. The number of hydrogen-bond donors (Lipinski definition) is 1. The molecule has 1 amide bonds. The van der Waals surface area contributed by atoms with Crippen LogP contribution in [-0.2, 0) is 0 Å².